The molecule has 0 radical (unpaired) electrons. The molecular weight excluding hydrogens is 246 g/mol. The summed E-state index contributed by atoms with van der Waals surface area (Å²) in [4.78, 5) is 0. The van der Waals surface area contributed by atoms with Gasteiger partial charge in [0.2, 0.25) is 0 Å². The molecule has 0 aromatic carbocycles. The Balaban J connectivity index is 3.04. The maximum absolute atomic E-state index is 5.93. The van der Waals surface area contributed by atoms with Crippen molar-refractivity contribution in [1.82, 2.24) is 4.23 Å². The second kappa shape index (κ2) is 6.47. The SMILES string of the molecule is CC[Si](CC)(CC)N1CCCC[Si]1(OC)OC. The first-order valence-electron chi connectivity index (χ1n) is 7.02. The number of rotatable bonds is 6. The lowest BCUT2D eigenvalue weighted by atomic mass is 10.3. The van der Waals surface area contributed by atoms with Crippen LogP contribution in [-0.2, 0) is 8.85 Å². The first-order valence-corrected chi connectivity index (χ1v) is 11.6. The molecule has 0 aromatic rings. The van der Waals surface area contributed by atoms with Crippen LogP contribution in [0.1, 0.15) is 33.6 Å². The van der Waals surface area contributed by atoms with E-state index in [0.29, 0.717) is 0 Å². The van der Waals surface area contributed by atoms with Gasteiger partial charge in [-0.25, -0.2) is 0 Å². The minimum atomic E-state index is -2.06. The van der Waals surface area contributed by atoms with Crippen LogP contribution in [0.3, 0.4) is 0 Å². The molecule has 3 nitrogen and oxygen atoms in total. The summed E-state index contributed by atoms with van der Waals surface area (Å²) in [5.41, 5.74) is 0. The summed E-state index contributed by atoms with van der Waals surface area (Å²) in [7, 11) is 0.299. The number of hydrogen-bond donors (Lipinski definition) is 0. The van der Waals surface area contributed by atoms with Crippen LogP contribution in [0.5, 0.6) is 0 Å². The highest BCUT2D eigenvalue weighted by Gasteiger charge is 2.53. The average molecular weight is 276 g/mol. The molecule has 1 heterocycles. The molecule has 0 saturated carbocycles. The Hall–Kier alpha value is 0.314. The zero-order valence-electron chi connectivity index (χ0n) is 12.2. The Morgan fingerprint density at radius 2 is 1.53 bits per heavy atom. The summed E-state index contributed by atoms with van der Waals surface area (Å²) in [5.74, 6) is 0. The van der Waals surface area contributed by atoms with Crippen molar-refractivity contribution in [3.05, 3.63) is 0 Å². The van der Waals surface area contributed by atoms with E-state index in [1.165, 1.54) is 37.5 Å². The molecule has 0 bridgehead atoms. The maximum atomic E-state index is 5.93. The molecule has 0 spiro atoms. The zero-order chi connectivity index (χ0) is 12.9. The third-order valence-corrected chi connectivity index (χ3v) is 15.8. The fourth-order valence-electron chi connectivity index (χ4n) is 3.35. The molecule has 1 aliphatic rings. The molecule has 1 aliphatic heterocycles. The number of nitrogens with zero attached hydrogens (tertiary/aromatic N) is 1. The summed E-state index contributed by atoms with van der Waals surface area (Å²) >= 11 is 0. The first-order chi connectivity index (χ1) is 8.14. The summed E-state index contributed by atoms with van der Waals surface area (Å²) in [6.45, 7) is 8.28. The van der Waals surface area contributed by atoms with E-state index in [-0.39, 0.29) is 0 Å². The van der Waals surface area contributed by atoms with Crippen molar-refractivity contribution in [1.29, 1.82) is 0 Å². The molecule has 1 fully saturated rings. The topological polar surface area (TPSA) is 21.7 Å². The van der Waals surface area contributed by atoms with Gasteiger partial charge in [-0.2, -0.15) is 0 Å². The Kier molecular flexibility index (Phi) is 5.85. The lowest BCUT2D eigenvalue weighted by molar-refractivity contribution is 0.179. The van der Waals surface area contributed by atoms with Crippen molar-refractivity contribution >= 4 is 17.0 Å². The predicted octanol–water partition coefficient (Wildman–Crippen LogP) is 3.32. The third-order valence-electron chi connectivity index (χ3n) is 4.72. The van der Waals surface area contributed by atoms with Crippen LogP contribution in [0.25, 0.3) is 0 Å². The molecule has 17 heavy (non-hydrogen) atoms. The minimum absolute atomic E-state index is 1.15. The van der Waals surface area contributed by atoms with E-state index in [0.717, 1.165) is 6.04 Å². The van der Waals surface area contributed by atoms with Crippen LogP contribution in [0.4, 0.5) is 0 Å². The lowest BCUT2D eigenvalue weighted by Crippen LogP contribution is -2.70. The van der Waals surface area contributed by atoms with Crippen LogP contribution in [0.2, 0.25) is 24.2 Å². The molecule has 0 atom stereocenters. The Morgan fingerprint density at radius 1 is 1.00 bits per heavy atom. The van der Waals surface area contributed by atoms with Crippen LogP contribution < -0.4 is 0 Å². The van der Waals surface area contributed by atoms with Crippen molar-refractivity contribution in [2.45, 2.75) is 57.8 Å². The van der Waals surface area contributed by atoms with Crippen LogP contribution in [0.15, 0.2) is 0 Å². The van der Waals surface area contributed by atoms with E-state index in [1.807, 2.05) is 14.2 Å². The lowest BCUT2D eigenvalue weighted by Gasteiger charge is -2.51. The molecule has 0 amide bonds. The Bertz CT molecular complexity index is 207. The highest BCUT2D eigenvalue weighted by atomic mass is 28.4. The first kappa shape index (κ1) is 15.4. The maximum Gasteiger partial charge on any atom is 0.420 e. The van der Waals surface area contributed by atoms with Gasteiger partial charge in [-0.3, -0.25) is 0 Å². The van der Waals surface area contributed by atoms with Crippen LogP contribution >= 0.6 is 0 Å². The van der Waals surface area contributed by atoms with Crippen LogP contribution in [-0.4, -0.2) is 42.0 Å². The summed E-state index contributed by atoms with van der Waals surface area (Å²) in [5, 5.41) is 0. The molecule has 102 valence electrons. The quantitative estimate of drug-likeness (QED) is 0.694. The van der Waals surface area contributed by atoms with Gasteiger partial charge in [0, 0.05) is 20.3 Å². The van der Waals surface area contributed by atoms with Crippen molar-refractivity contribution in [2.24, 2.45) is 0 Å². The summed E-state index contributed by atoms with van der Waals surface area (Å²) in [6, 6.07) is 5.11. The van der Waals surface area contributed by atoms with Crippen molar-refractivity contribution in [3.8, 4) is 0 Å². The molecular formula is C12H29NO2Si2. The van der Waals surface area contributed by atoms with Gasteiger partial charge >= 0.3 is 8.72 Å². The van der Waals surface area contributed by atoms with Gasteiger partial charge in [0.05, 0.1) is 0 Å². The van der Waals surface area contributed by atoms with Gasteiger partial charge in [-0.1, -0.05) is 20.8 Å². The summed E-state index contributed by atoms with van der Waals surface area (Å²) < 4.78 is 14.6. The van der Waals surface area contributed by atoms with Crippen molar-refractivity contribution in [3.63, 3.8) is 0 Å². The second-order valence-electron chi connectivity index (χ2n) is 5.01. The van der Waals surface area contributed by atoms with E-state index in [9.17, 15) is 0 Å². The minimum Gasteiger partial charge on any atom is -0.386 e. The highest BCUT2D eigenvalue weighted by Crippen LogP contribution is 2.36. The molecule has 0 N–H and O–H groups in total. The van der Waals surface area contributed by atoms with Crippen molar-refractivity contribution in [2.75, 3.05) is 20.8 Å². The molecule has 0 unspecified atom stereocenters. The fraction of sp³-hybridized carbons (Fsp3) is 1.00. The van der Waals surface area contributed by atoms with Gasteiger partial charge in [-0.05, 0) is 37.5 Å². The molecule has 1 rings (SSSR count). The van der Waals surface area contributed by atoms with E-state index < -0.39 is 17.0 Å². The van der Waals surface area contributed by atoms with Gasteiger partial charge in [-0.15, -0.1) is 0 Å². The Morgan fingerprint density at radius 3 is 1.94 bits per heavy atom. The smallest absolute Gasteiger partial charge is 0.386 e. The Labute approximate surface area is 109 Å². The van der Waals surface area contributed by atoms with E-state index in [4.69, 9.17) is 8.85 Å². The van der Waals surface area contributed by atoms with Crippen LogP contribution in [0, 0.1) is 0 Å². The van der Waals surface area contributed by atoms with Crippen molar-refractivity contribution < 1.29 is 8.85 Å². The van der Waals surface area contributed by atoms with Gasteiger partial charge in [0.15, 0.2) is 0 Å². The molecule has 1 saturated heterocycles. The number of hydrogen-bond acceptors (Lipinski definition) is 3. The van der Waals surface area contributed by atoms with E-state index in [1.54, 1.807) is 0 Å². The van der Waals surface area contributed by atoms with Gasteiger partial charge in [0.25, 0.3) is 0 Å². The largest absolute Gasteiger partial charge is 0.420 e. The highest BCUT2D eigenvalue weighted by molar-refractivity contribution is 6.88. The van der Waals surface area contributed by atoms with Gasteiger partial charge in [0.1, 0.15) is 8.24 Å². The average Bonchev–Trinajstić information content (AvgIpc) is 2.42. The van der Waals surface area contributed by atoms with Gasteiger partial charge < -0.3 is 13.1 Å². The normalized spacial score (nSPS) is 21.7. The fourth-order valence-corrected chi connectivity index (χ4v) is 14.3. The molecule has 0 aliphatic carbocycles. The monoisotopic (exact) mass is 275 g/mol. The second-order valence-corrected chi connectivity index (χ2v) is 13.9. The zero-order valence-corrected chi connectivity index (χ0v) is 14.2. The van der Waals surface area contributed by atoms with E-state index >= 15 is 0 Å². The van der Waals surface area contributed by atoms with E-state index in [2.05, 4.69) is 25.0 Å². The molecule has 5 heteroatoms. The molecule has 0 aromatic heterocycles. The standard InChI is InChI=1S/C12H29NO2Si2/c1-6-16(7-2,8-3)13-11-9-10-12-17(13,14-4)15-5/h6-12H2,1-5H3. The predicted molar refractivity (Wildman–Crippen MR) is 77.7 cm³/mol. The third kappa shape index (κ3) is 2.68. The summed E-state index contributed by atoms with van der Waals surface area (Å²) in [6.07, 6.45) is 2.59.